The van der Waals surface area contributed by atoms with Gasteiger partial charge in [-0.05, 0) is 31.3 Å². The quantitative estimate of drug-likeness (QED) is 0.849. The van der Waals surface area contributed by atoms with Crippen LogP contribution in [0.1, 0.15) is 0 Å². The van der Waals surface area contributed by atoms with E-state index in [0.29, 0.717) is 5.95 Å². The number of likely N-dealkylation sites (N-methyl/N-ethyl adjacent to an activating group) is 1. The van der Waals surface area contributed by atoms with Crippen LogP contribution < -0.4 is 10.6 Å². The van der Waals surface area contributed by atoms with Gasteiger partial charge in [0.1, 0.15) is 0 Å². The third-order valence-electron chi connectivity index (χ3n) is 4.04. The summed E-state index contributed by atoms with van der Waals surface area (Å²) >= 11 is 0. The maximum atomic E-state index is 4.18. The van der Waals surface area contributed by atoms with E-state index in [0.717, 1.165) is 50.6 Å². The summed E-state index contributed by atoms with van der Waals surface area (Å²) in [5, 5.41) is 6.70. The molecule has 0 atom stereocenters. The van der Waals surface area contributed by atoms with Gasteiger partial charge in [-0.25, -0.2) is 9.97 Å². The molecule has 6 nitrogen and oxygen atoms in total. The van der Waals surface area contributed by atoms with E-state index in [1.165, 1.54) is 0 Å². The van der Waals surface area contributed by atoms with Crippen molar-refractivity contribution in [1.29, 1.82) is 0 Å². The number of hydrogen-bond donors (Lipinski definition) is 2. The van der Waals surface area contributed by atoms with Crippen LogP contribution in [0.5, 0.6) is 0 Å². The Morgan fingerprint density at radius 1 is 1.00 bits per heavy atom. The van der Waals surface area contributed by atoms with Gasteiger partial charge < -0.3 is 15.5 Å². The molecule has 2 N–H and O–H groups in total. The number of benzene rings is 1. The third-order valence-corrected chi connectivity index (χ3v) is 4.04. The lowest BCUT2D eigenvalue weighted by molar-refractivity contribution is 0.158. The molecule has 1 saturated heterocycles. The molecule has 2 heterocycles. The summed E-state index contributed by atoms with van der Waals surface area (Å²) in [5.41, 5.74) is 2.10. The van der Waals surface area contributed by atoms with Crippen molar-refractivity contribution >= 4 is 17.3 Å². The van der Waals surface area contributed by atoms with Gasteiger partial charge in [0.15, 0.2) is 0 Å². The van der Waals surface area contributed by atoms with E-state index >= 15 is 0 Å². The first-order valence-electron chi connectivity index (χ1n) is 8.08. The maximum absolute atomic E-state index is 4.18. The van der Waals surface area contributed by atoms with Crippen LogP contribution in [0.3, 0.4) is 0 Å². The monoisotopic (exact) mass is 312 g/mol. The summed E-state index contributed by atoms with van der Waals surface area (Å²) in [5.74, 6) is 0.613. The molecule has 0 bridgehead atoms. The highest BCUT2D eigenvalue weighted by atomic mass is 15.2. The maximum Gasteiger partial charge on any atom is 0.227 e. The number of rotatable bonds is 6. The summed E-state index contributed by atoms with van der Waals surface area (Å²) in [7, 11) is 2.19. The second-order valence-corrected chi connectivity index (χ2v) is 5.85. The second-order valence-electron chi connectivity index (χ2n) is 5.85. The number of nitrogens with one attached hydrogen (secondary N) is 2. The summed E-state index contributed by atoms with van der Waals surface area (Å²) < 4.78 is 0. The molecule has 2 aromatic rings. The first-order valence-corrected chi connectivity index (χ1v) is 8.08. The van der Waals surface area contributed by atoms with Gasteiger partial charge in [0.2, 0.25) is 5.95 Å². The minimum Gasteiger partial charge on any atom is -0.384 e. The van der Waals surface area contributed by atoms with Gasteiger partial charge >= 0.3 is 0 Å². The fourth-order valence-electron chi connectivity index (χ4n) is 2.63. The lowest BCUT2D eigenvalue weighted by Crippen LogP contribution is -2.45. The second kappa shape index (κ2) is 7.89. The number of piperazine rings is 1. The normalized spacial score (nSPS) is 16.2. The van der Waals surface area contributed by atoms with Crippen molar-refractivity contribution in [2.45, 2.75) is 0 Å². The average molecular weight is 312 g/mol. The van der Waals surface area contributed by atoms with Crippen molar-refractivity contribution in [3.05, 3.63) is 42.7 Å². The predicted octanol–water partition coefficient (Wildman–Crippen LogP) is 1.88. The van der Waals surface area contributed by atoms with Crippen LogP contribution in [-0.2, 0) is 0 Å². The lowest BCUT2D eigenvalue weighted by atomic mass is 10.2. The molecule has 1 aromatic carbocycles. The highest BCUT2D eigenvalue weighted by Gasteiger charge is 2.12. The molecule has 122 valence electrons. The summed E-state index contributed by atoms with van der Waals surface area (Å²) in [6, 6.07) is 10.0. The number of anilines is 3. The molecule has 0 aliphatic carbocycles. The first-order chi connectivity index (χ1) is 11.3. The van der Waals surface area contributed by atoms with E-state index in [1.807, 2.05) is 18.2 Å². The van der Waals surface area contributed by atoms with Crippen LogP contribution in [0.15, 0.2) is 42.7 Å². The van der Waals surface area contributed by atoms with Crippen molar-refractivity contribution in [2.24, 2.45) is 0 Å². The standard InChI is InChI=1S/C17H24N6/c1-22-10-12-23(13-11-22)9-8-18-15-4-2-5-16(14-15)21-17-19-6-3-7-20-17/h2-7,14,18H,8-13H2,1H3,(H,19,20,21). The zero-order valence-corrected chi connectivity index (χ0v) is 13.6. The van der Waals surface area contributed by atoms with E-state index in [1.54, 1.807) is 12.4 Å². The SMILES string of the molecule is CN1CCN(CCNc2cccc(Nc3ncccn3)c2)CC1. The topological polar surface area (TPSA) is 56.3 Å². The van der Waals surface area contributed by atoms with Crippen LogP contribution in [0.4, 0.5) is 17.3 Å². The number of aromatic nitrogens is 2. The molecule has 3 rings (SSSR count). The Balaban J connectivity index is 1.48. The Kier molecular flexibility index (Phi) is 5.39. The molecule has 0 unspecified atom stereocenters. The molecule has 0 amide bonds. The molecule has 0 radical (unpaired) electrons. The highest BCUT2D eigenvalue weighted by molar-refractivity contribution is 5.60. The van der Waals surface area contributed by atoms with E-state index in [2.05, 4.69) is 49.6 Å². The van der Waals surface area contributed by atoms with Crippen molar-refractivity contribution in [3.63, 3.8) is 0 Å². The summed E-state index contributed by atoms with van der Waals surface area (Å²) in [4.78, 5) is 13.2. The Hall–Kier alpha value is -2.18. The van der Waals surface area contributed by atoms with Crippen LogP contribution in [0.2, 0.25) is 0 Å². The molecular weight excluding hydrogens is 288 g/mol. The van der Waals surface area contributed by atoms with Gasteiger partial charge in [-0.3, -0.25) is 4.90 Å². The van der Waals surface area contributed by atoms with Crippen molar-refractivity contribution in [1.82, 2.24) is 19.8 Å². The molecule has 1 aromatic heterocycles. The Bertz CT molecular complexity index is 595. The zero-order valence-electron chi connectivity index (χ0n) is 13.6. The van der Waals surface area contributed by atoms with Gasteiger partial charge in [0, 0.05) is 63.0 Å². The minimum atomic E-state index is 0.613. The molecule has 1 aliphatic rings. The Morgan fingerprint density at radius 2 is 1.74 bits per heavy atom. The molecule has 1 fully saturated rings. The van der Waals surface area contributed by atoms with Gasteiger partial charge in [-0.15, -0.1) is 0 Å². The van der Waals surface area contributed by atoms with Crippen LogP contribution in [-0.4, -0.2) is 66.1 Å². The van der Waals surface area contributed by atoms with Crippen molar-refractivity contribution < 1.29 is 0 Å². The molecule has 0 spiro atoms. The van der Waals surface area contributed by atoms with Crippen LogP contribution >= 0.6 is 0 Å². The van der Waals surface area contributed by atoms with Crippen molar-refractivity contribution in [3.8, 4) is 0 Å². The van der Waals surface area contributed by atoms with Crippen molar-refractivity contribution in [2.75, 3.05) is 56.9 Å². The average Bonchev–Trinajstić information content (AvgIpc) is 2.58. The van der Waals surface area contributed by atoms with Gasteiger partial charge in [0.05, 0.1) is 0 Å². The van der Waals surface area contributed by atoms with E-state index in [-0.39, 0.29) is 0 Å². The van der Waals surface area contributed by atoms with E-state index in [4.69, 9.17) is 0 Å². The smallest absolute Gasteiger partial charge is 0.227 e. The van der Waals surface area contributed by atoms with Gasteiger partial charge in [-0.2, -0.15) is 0 Å². The Morgan fingerprint density at radius 3 is 2.52 bits per heavy atom. The Labute approximate surface area is 137 Å². The molecular formula is C17H24N6. The zero-order chi connectivity index (χ0) is 15.9. The number of nitrogens with zero attached hydrogens (tertiary/aromatic N) is 4. The number of hydrogen-bond acceptors (Lipinski definition) is 6. The van der Waals surface area contributed by atoms with E-state index in [9.17, 15) is 0 Å². The van der Waals surface area contributed by atoms with Crippen LogP contribution in [0, 0.1) is 0 Å². The highest BCUT2D eigenvalue weighted by Crippen LogP contribution is 2.17. The summed E-state index contributed by atoms with van der Waals surface area (Å²) in [6.07, 6.45) is 3.46. The van der Waals surface area contributed by atoms with Gasteiger partial charge in [-0.1, -0.05) is 6.07 Å². The molecule has 23 heavy (non-hydrogen) atoms. The van der Waals surface area contributed by atoms with Crippen LogP contribution in [0.25, 0.3) is 0 Å². The molecule has 1 aliphatic heterocycles. The minimum absolute atomic E-state index is 0.613. The third kappa shape index (κ3) is 4.91. The molecule has 0 saturated carbocycles. The predicted molar refractivity (Wildman–Crippen MR) is 94.2 cm³/mol. The van der Waals surface area contributed by atoms with Gasteiger partial charge in [0.25, 0.3) is 0 Å². The summed E-state index contributed by atoms with van der Waals surface area (Å²) in [6.45, 7) is 6.67. The largest absolute Gasteiger partial charge is 0.384 e. The lowest BCUT2D eigenvalue weighted by Gasteiger charge is -2.32. The van der Waals surface area contributed by atoms with E-state index < -0.39 is 0 Å². The molecule has 6 heteroatoms. The first kappa shape index (κ1) is 15.7. The fourth-order valence-corrected chi connectivity index (χ4v) is 2.63. The fraction of sp³-hybridized carbons (Fsp3) is 0.412.